The third kappa shape index (κ3) is 3.88. The summed E-state index contributed by atoms with van der Waals surface area (Å²) in [4.78, 5) is 38.3. The van der Waals surface area contributed by atoms with Crippen LogP contribution in [-0.2, 0) is 21.5 Å². The number of nitrogens with one attached hydrogen (secondary N) is 2. The molecule has 2 aromatic rings. The van der Waals surface area contributed by atoms with E-state index in [0.29, 0.717) is 5.56 Å². The van der Waals surface area contributed by atoms with Gasteiger partial charge in [0.15, 0.2) is 0 Å². The minimum atomic E-state index is -1.24. The van der Waals surface area contributed by atoms with Crippen molar-refractivity contribution in [3.8, 4) is 0 Å². The number of imide groups is 1. The number of carbonyl (C=O) groups excluding carboxylic acids is 3. The molecule has 28 heavy (non-hydrogen) atoms. The van der Waals surface area contributed by atoms with Gasteiger partial charge in [-0.05, 0) is 42.7 Å². The lowest BCUT2D eigenvalue weighted by atomic mass is 9.91. The molecule has 4 amide bonds. The maximum atomic E-state index is 13.2. The fraction of sp³-hybridized carbons (Fsp3) is 0.286. The summed E-state index contributed by atoms with van der Waals surface area (Å²) in [6, 6.07) is 12.3. The number of aryl methyl sites for hydroxylation is 1. The van der Waals surface area contributed by atoms with Crippen LogP contribution in [0.3, 0.4) is 0 Å². The molecule has 1 heterocycles. The Labute approximate surface area is 162 Å². The van der Waals surface area contributed by atoms with Gasteiger partial charge in [0.25, 0.3) is 5.91 Å². The Morgan fingerprint density at radius 3 is 2.54 bits per heavy atom. The second-order valence-electron chi connectivity index (χ2n) is 6.95. The van der Waals surface area contributed by atoms with Crippen LogP contribution in [0.1, 0.15) is 31.4 Å². The zero-order valence-corrected chi connectivity index (χ0v) is 15.8. The molecule has 6 nitrogen and oxygen atoms in total. The average molecular weight is 383 g/mol. The zero-order valence-electron chi connectivity index (χ0n) is 15.8. The number of benzene rings is 2. The van der Waals surface area contributed by atoms with Crippen LogP contribution in [0.4, 0.5) is 14.9 Å². The van der Waals surface area contributed by atoms with Crippen molar-refractivity contribution in [2.24, 2.45) is 0 Å². The van der Waals surface area contributed by atoms with E-state index in [0.717, 1.165) is 29.4 Å². The van der Waals surface area contributed by atoms with Crippen LogP contribution < -0.4 is 10.6 Å². The summed E-state index contributed by atoms with van der Waals surface area (Å²) in [5.74, 6) is -1.58. The van der Waals surface area contributed by atoms with E-state index >= 15 is 0 Å². The van der Waals surface area contributed by atoms with E-state index in [-0.39, 0.29) is 5.69 Å². The fourth-order valence-electron chi connectivity index (χ4n) is 3.24. The van der Waals surface area contributed by atoms with Crippen LogP contribution in [0.5, 0.6) is 0 Å². The highest BCUT2D eigenvalue weighted by Crippen LogP contribution is 2.29. The average Bonchev–Trinajstić information content (AvgIpc) is 2.86. The van der Waals surface area contributed by atoms with E-state index in [1.165, 1.54) is 18.2 Å². The molecule has 0 unspecified atom stereocenters. The van der Waals surface area contributed by atoms with Crippen LogP contribution in [0, 0.1) is 5.82 Å². The number of carbonyl (C=O) groups is 3. The van der Waals surface area contributed by atoms with Gasteiger partial charge >= 0.3 is 6.03 Å². The van der Waals surface area contributed by atoms with Gasteiger partial charge in [0, 0.05) is 5.69 Å². The normalized spacial score (nSPS) is 18.9. The van der Waals surface area contributed by atoms with E-state index in [2.05, 4.69) is 17.6 Å². The van der Waals surface area contributed by atoms with Gasteiger partial charge in [-0.25, -0.2) is 9.18 Å². The summed E-state index contributed by atoms with van der Waals surface area (Å²) in [6.45, 7) is 3.25. The first-order valence-electron chi connectivity index (χ1n) is 9.12. The molecule has 0 aromatic heterocycles. The molecule has 0 saturated carbocycles. The number of halogens is 1. The predicted octanol–water partition coefficient (Wildman–Crippen LogP) is 3.18. The maximum Gasteiger partial charge on any atom is 0.325 e. The molecular formula is C21H22FN3O3. The lowest BCUT2D eigenvalue weighted by molar-refractivity contribution is -0.133. The van der Waals surface area contributed by atoms with E-state index in [4.69, 9.17) is 0 Å². The highest BCUT2D eigenvalue weighted by atomic mass is 19.1. The molecule has 2 N–H and O–H groups in total. The molecule has 0 aliphatic carbocycles. The van der Waals surface area contributed by atoms with Crippen LogP contribution in [0.15, 0.2) is 48.5 Å². The molecular weight excluding hydrogens is 361 g/mol. The van der Waals surface area contributed by atoms with Gasteiger partial charge in [0.05, 0.1) is 0 Å². The summed E-state index contributed by atoms with van der Waals surface area (Å²) >= 11 is 0. The van der Waals surface area contributed by atoms with E-state index in [9.17, 15) is 18.8 Å². The van der Waals surface area contributed by atoms with Crippen molar-refractivity contribution >= 4 is 23.5 Å². The van der Waals surface area contributed by atoms with Gasteiger partial charge in [0.2, 0.25) is 5.91 Å². The van der Waals surface area contributed by atoms with Crippen molar-refractivity contribution in [1.29, 1.82) is 0 Å². The van der Waals surface area contributed by atoms with Crippen LogP contribution >= 0.6 is 0 Å². The third-order valence-electron chi connectivity index (χ3n) is 4.76. The Balaban J connectivity index is 1.72. The summed E-state index contributed by atoms with van der Waals surface area (Å²) in [7, 11) is 0. The standard InChI is InChI=1S/C21H22FN3O3/c1-3-5-14-8-10-15(11-9-14)21(2)19(27)25(20(28)24-21)13-18(26)23-17-7-4-6-16(22)12-17/h4,6-12H,3,5,13H2,1-2H3,(H,23,26)(H,24,28)/t21-/m0/s1. The number of hydrogen-bond donors (Lipinski definition) is 2. The highest BCUT2D eigenvalue weighted by Gasteiger charge is 2.49. The molecule has 1 saturated heterocycles. The van der Waals surface area contributed by atoms with Gasteiger partial charge in [-0.1, -0.05) is 43.7 Å². The second kappa shape index (κ2) is 7.80. The summed E-state index contributed by atoms with van der Waals surface area (Å²) in [6.07, 6.45) is 1.95. The Bertz CT molecular complexity index is 913. The van der Waals surface area contributed by atoms with Crippen molar-refractivity contribution < 1.29 is 18.8 Å². The minimum Gasteiger partial charge on any atom is -0.324 e. The molecule has 1 aliphatic heterocycles. The van der Waals surface area contributed by atoms with Gasteiger partial charge in [-0.15, -0.1) is 0 Å². The number of anilines is 1. The summed E-state index contributed by atoms with van der Waals surface area (Å²) < 4.78 is 13.2. The monoisotopic (exact) mass is 383 g/mol. The van der Waals surface area contributed by atoms with E-state index in [1.54, 1.807) is 6.92 Å². The molecule has 2 aromatic carbocycles. The first-order valence-corrected chi connectivity index (χ1v) is 9.12. The number of rotatable bonds is 6. The van der Waals surface area contributed by atoms with Crippen LogP contribution in [-0.4, -0.2) is 29.3 Å². The molecule has 3 rings (SSSR count). The Morgan fingerprint density at radius 1 is 1.18 bits per heavy atom. The van der Waals surface area contributed by atoms with Crippen LogP contribution in [0.25, 0.3) is 0 Å². The third-order valence-corrected chi connectivity index (χ3v) is 4.76. The first kappa shape index (κ1) is 19.5. The quantitative estimate of drug-likeness (QED) is 0.752. The molecule has 0 bridgehead atoms. The van der Waals surface area contributed by atoms with Gasteiger partial charge in [0.1, 0.15) is 17.9 Å². The zero-order chi connectivity index (χ0) is 20.3. The summed E-state index contributed by atoms with van der Waals surface area (Å²) in [5.41, 5.74) is 0.823. The summed E-state index contributed by atoms with van der Waals surface area (Å²) in [5, 5.41) is 5.16. The largest absolute Gasteiger partial charge is 0.325 e. The number of nitrogens with zero attached hydrogens (tertiary/aromatic N) is 1. The fourth-order valence-corrected chi connectivity index (χ4v) is 3.24. The first-order chi connectivity index (χ1) is 13.3. The predicted molar refractivity (Wildman–Crippen MR) is 103 cm³/mol. The van der Waals surface area contributed by atoms with Gasteiger partial charge in [-0.3, -0.25) is 14.5 Å². The van der Waals surface area contributed by atoms with Gasteiger partial charge < -0.3 is 10.6 Å². The smallest absolute Gasteiger partial charge is 0.324 e. The number of hydrogen-bond acceptors (Lipinski definition) is 3. The Morgan fingerprint density at radius 2 is 1.89 bits per heavy atom. The molecule has 0 radical (unpaired) electrons. The van der Waals surface area contributed by atoms with E-state index < -0.39 is 35.7 Å². The molecule has 146 valence electrons. The maximum absolute atomic E-state index is 13.2. The lowest BCUT2D eigenvalue weighted by Gasteiger charge is -2.22. The lowest BCUT2D eigenvalue weighted by Crippen LogP contribution is -2.42. The van der Waals surface area contributed by atoms with Gasteiger partial charge in [-0.2, -0.15) is 0 Å². The van der Waals surface area contributed by atoms with Crippen molar-refractivity contribution in [2.45, 2.75) is 32.2 Å². The highest BCUT2D eigenvalue weighted by molar-refractivity contribution is 6.10. The minimum absolute atomic E-state index is 0.256. The topological polar surface area (TPSA) is 78.5 Å². The SMILES string of the molecule is CCCc1ccc([C@]2(C)NC(=O)N(CC(=O)Nc3cccc(F)c3)C2=O)cc1. The van der Waals surface area contributed by atoms with Crippen molar-refractivity contribution in [3.63, 3.8) is 0 Å². The number of urea groups is 1. The Hall–Kier alpha value is -3.22. The Kier molecular flexibility index (Phi) is 5.44. The van der Waals surface area contributed by atoms with E-state index in [1.807, 2.05) is 24.3 Å². The molecule has 1 aliphatic rings. The number of amides is 4. The second-order valence-corrected chi connectivity index (χ2v) is 6.95. The molecule has 0 spiro atoms. The van der Waals surface area contributed by atoms with Crippen molar-refractivity contribution in [3.05, 3.63) is 65.5 Å². The van der Waals surface area contributed by atoms with Crippen LogP contribution in [0.2, 0.25) is 0 Å². The molecule has 1 atom stereocenters. The van der Waals surface area contributed by atoms with Crippen molar-refractivity contribution in [2.75, 3.05) is 11.9 Å². The molecule has 1 fully saturated rings. The molecule has 7 heteroatoms. The van der Waals surface area contributed by atoms with Crippen molar-refractivity contribution in [1.82, 2.24) is 10.2 Å².